The van der Waals surface area contributed by atoms with E-state index in [0.29, 0.717) is 5.95 Å². The van der Waals surface area contributed by atoms with Gasteiger partial charge in [-0.1, -0.05) is 60.1 Å². The first-order valence-corrected chi connectivity index (χ1v) is 8.71. The van der Waals surface area contributed by atoms with Crippen LogP contribution in [0.5, 0.6) is 0 Å². The number of anilines is 1. The van der Waals surface area contributed by atoms with Crippen molar-refractivity contribution >= 4 is 45.3 Å². The van der Waals surface area contributed by atoms with E-state index in [2.05, 4.69) is 32.6 Å². The fourth-order valence-corrected chi connectivity index (χ4v) is 3.51. The van der Waals surface area contributed by atoms with Gasteiger partial charge in [0.25, 0.3) is 0 Å². The summed E-state index contributed by atoms with van der Waals surface area (Å²) in [6.45, 7) is 3.87. The Kier molecular flexibility index (Phi) is 4.27. The van der Waals surface area contributed by atoms with E-state index >= 15 is 0 Å². The van der Waals surface area contributed by atoms with Crippen LogP contribution in [0.25, 0.3) is 21.5 Å². The maximum atomic E-state index is 6.63. The van der Waals surface area contributed by atoms with Crippen molar-refractivity contribution in [2.45, 2.75) is 13.8 Å². The average molecular weight is 361 g/mol. The smallest absolute Gasteiger partial charge is 0.243 e. The molecular formula is C21H17ClN4. The predicted molar refractivity (Wildman–Crippen MR) is 109 cm³/mol. The number of hydrogen-bond acceptors (Lipinski definition) is 4. The van der Waals surface area contributed by atoms with Crippen LogP contribution in [-0.2, 0) is 0 Å². The minimum Gasteiger partial charge on any atom is -0.245 e. The maximum absolute atomic E-state index is 6.63. The molecule has 0 aliphatic rings. The molecule has 5 heteroatoms. The van der Waals surface area contributed by atoms with Crippen LogP contribution in [0.4, 0.5) is 5.95 Å². The van der Waals surface area contributed by atoms with Crippen molar-refractivity contribution in [3.63, 3.8) is 0 Å². The third-order valence-electron chi connectivity index (χ3n) is 4.25. The Morgan fingerprint density at radius 1 is 0.846 bits per heavy atom. The van der Waals surface area contributed by atoms with Crippen molar-refractivity contribution in [1.82, 2.24) is 9.97 Å². The number of benzene rings is 3. The Morgan fingerprint density at radius 3 is 1.88 bits per heavy atom. The van der Waals surface area contributed by atoms with Crippen molar-refractivity contribution in [3.05, 3.63) is 76.6 Å². The van der Waals surface area contributed by atoms with Crippen LogP contribution in [0.3, 0.4) is 0 Å². The van der Waals surface area contributed by atoms with Crippen molar-refractivity contribution in [2.24, 2.45) is 5.10 Å². The molecule has 0 fully saturated rings. The molecule has 0 radical (unpaired) electrons. The Labute approximate surface area is 156 Å². The quantitative estimate of drug-likeness (QED) is 0.298. The molecule has 4 nitrogen and oxygen atoms in total. The van der Waals surface area contributed by atoms with Gasteiger partial charge in [0.15, 0.2) is 0 Å². The van der Waals surface area contributed by atoms with E-state index in [9.17, 15) is 0 Å². The number of halogens is 1. The molecule has 0 amide bonds. The van der Waals surface area contributed by atoms with E-state index in [-0.39, 0.29) is 0 Å². The molecule has 1 heterocycles. The highest BCUT2D eigenvalue weighted by Gasteiger charge is 2.10. The van der Waals surface area contributed by atoms with E-state index in [1.54, 1.807) is 0 Å². The summed E-state index contributed by atoms with van der Waals surface area (Å²) in [4.78, 5) is 8.69. The van der Waals surface area contributed by atoms with Gasteiger partial charge < -0.3 is 0 Å². The lowest BCUT2D eigenvalue weighted by atomic mass is 9.97. The summed E-state index contributed by atoms with van der Waals surface area (Å²) in [5.74, 6) is 0.487. The molecule has 128 valence electrons. The molecule has 1 aromatic heterocycles. The molecule has 0 aliphatic heterocycles. The highest BCUT2D eigenvalue weighted by atomic mass is 35.5. The third kappa shape index (κ3) is 3.00. The second-order valence-electron chi connectivity index (χ2n) is 6.16. The summed E-state index contributed by atoms with van der Waals surface area (Å²) in [5, 5.41) is 9.28. The molecule has 0 atom stereocenters. The monoisotopic (exact) mass is 360 g/mol. The van der Waals surface area contributed by atoms with Gasteiger partial charge in [0.05, 0.1) is 11.2 Å². The normalized spacial score (nSPS) is 11.5. The molecular weight excluding hydrogens is 344 g/mol. The standard InChI is InChI=1S/C21H17ClN4/c1-13-11-14(2)25-21(24-13)26-23-12-19-15-7-3-5-9-17(15)20(22)18-10-6-4-8-16(18)19/h3-12H,1-2H3,(H,24,25,26)/b23-12-. The van der Waals surface area contributed by atoms with Crippen LogP contribution < -0.4 is 5.43 Å². The van der Waals surface area contributed by atoms with Crippen molar-refractivity contribution < 1.29 is 0 Å². The zero-order valence-electron chi connectivity index (χ0n) is 14.5. The fourth-order valence-electron chi connectivity index (χ4n) is 3.18. The Bertz CT molecular complexity index is 1070. The van der Waals surface area contributed by atoms with Gasteiger partial charge in [0.2, 0.25) is 5.95 Å². The van der Waals surface area contributed by atoms with Crippen LogP contribution >= 0.6 is 11.6 Å². The maximum Gasteiger partial charge on any atom is 0.243 e. The molecule has 3 aromatic carbocycles. The largest absolute Gasteiger partial charge is 0.245 e. The SMILES string of the molecule is Cc1cc(C)nc(N/N=C\c2c3ccccc3c(Cl)c3ccccc23)n1. The molecule has 0 aliphatic carbocycles. The van der Waals surface area contributed by atoms with E-state index in [0.717, 1.165) is 43.5 Å². The summed E-state index contributed by atoms with van der Waals surface area (Å²) < 4.78 is 0. The van der Waals surface area contributed by atoms with Gasteiger partial charge in [-0.05, 0) is 30.7 Å². The van der Waals surface area contributed by atoms with E-state index < -0.39 is 0 Å². The highest BCUT2D eigenvalue weighted by Crippen LogP contribution is 2.35. The van der Waals surface area contributed by atoms with Gasteiger partial charge in [0.1, 0.15) is 0 Å². The molecule has 4 rings (SSSR count). The van der Waals surface area contributed by atoms with E-state index in [1.165, 1.54) is 0 Å². The summed E-state index contributed by atoms with van der Waals surface area (Å²) in [6.07, 6.45) is 1.81. The number of rotatable bonds is 3. The number of hydrazone groups is 1. The van der Waals surface area contributed by atoms with Crippen molar-refractivity contribution in [1.29, 1.82) is 0 Å². The first-order chi connectivity index (χ1) is 12.6. The molecule has 0 unspecified atom stereocenters. The lowest BCUT2D eigenvalue weighted by molar-refractivity contribution is 1.04. The number of fused-ring (bicyclic) bond motifs is 2. The van der Waals surface area contributed by atoms with Gasteiger partial charge in [-0.15, -0.1) is 0 Å². The molecule has 1 N–H and O–H groups in total. The van der Waals surface area contributed by atoms with Gasteiger partial charge >= 0.3 is 0 Å². The van der Waals surface area contributed by atoms with Crippen LogP contribution in [0.15, 0.2) is 59.7 Å². The Balaban J connectivity index is 1.83. The lowest BCUT2D eigenvalue weighted by Gasteiger charge is -2.10. The van der Waals surface area contributed by atoms with Crippen LogP contribution in [0.1, 0.15) is 17.0 Å². The molecule has 0 saturated carbocycles. The molecule has 0 bridgehead atoms. The molecule has 0 saturated heterocycles. The van der Waals surface area contributed by atoms with Gasteiger partial charge in [-0.3, -0.25) is 0 Å². The molecule has 0 spiro atoms. The Morgan fingerprint density at radius 2 is 1.35 bits per heavy atom. The van der Waals surface area contributed by atoms with E-state index in [4.69, 9.17) is 11.6 Å². The van der Waals surface area contributed by atoms with Crippen molar-refractivity contribution in [2.75, 3.05) is 5.43 Å². The summed E-state index contributed by atoms with van der Waals surface area (Å²) in [5.41, 5.74) is 5.75. The van der Waals surface area contributed by atoms with E-state index in [1.807, 2.05) is 62.5 Å². The predicted octanol–water partition coefficient (Wildman–Crippen LogP) is 5.50. The number of hydrogen-bond donors (Lipinski definition) is 1. The minimum absolute atomic E-state index is 0.487. The van der Waals surface area contributed by atoms with Crippen LogP contribution in [0.2, 0.25) is 5.02 Å². The Hall–Kier alpha value is -2.98. The number of nitrogens with zero attached hydrogens (tertiary/aromatic N) is 3. The summed E-state index contributed by atoms with van der Waals surface area (Å²) in [6, 6.07) is 18.1. The van der Waals surface area contributed by atoms with Crippen LogP contribution in [-0.4, -0.2) is 16.2 Å². The lowest BCUT2D eigenvalue weighted by Crippen LogP contribution is -2.00. The van der Waals surface area contributed by atoms with Crippen molar-refractivity contribution in [3.8, 4) is 0 Å². The second-order valence-corrected chi connectivity index (χ2v) is 6.54. The summed E-state index contributed by atoms with van der Waals surface area (Å²) >= 11 is 6.63. The first kappa shape index (κ1) is 16.5. The third-order valence-corrected chi connectivity index (χ3v) is 4.66. The number of nitrogens with one attached hydrogen (secondary N) is 1. The average Bonchev–Trinajstić information content (AvgIpc) is 2.64. The van der Waals surface area contributed by atoms with Gasteiger partial charge in [-0.25, -0.2) is 15.4 Å². The van der Waals surface area contributed by atoms with Gasteiger partial charge in [-0.2, -0.15) is 5.10 Å². The van der Waals surface area contributed by atoms with Gasteiger partial charge in [0, 0.05) is 27.7 Å². The number of aryl methyl sites for hydroxylation is 2. The topological polar surface area (TPSA) is 50.2 Å². The zero-order chi connectivity index (χ0) is 18.1. The minimum atomic E-state index is 0.487. The fraction of sp³-hybridized carbons (Fsp3) is 0.0952. The second kappa shape index (κ2) is 6.73. The highest BCUT2D eigenvalue weighted by molar-refractivity contribution is 6.42. The zero-order valence-corrected chi connectivity index (χ0v) is 15.2. The molecule has 4 aromatic rings. The molecule has 26 heavy (non-hydrogen) atoms. The first-order valence-electron chi connectivity index (χ1n) is 8.34. The van der Waals surface area contributed by atoms with Crippen LogP contribution in [0, 0.1) is 13.8 Å². The summed E-state index contributed by atoms with van der Waals surface area (Å²) in [7, 11) is 0. The number of aromatic nitrogens is 2.